The number of hydrogen-bond donors (Lipinski definition) is 2. The Morgan fingerprint density at radius 1 is 1.27 bits per heavy atom. The lowest BCUT2D eigenvalue weighted by Crippen LogP contribution is -2.43. The monoisotopic (exact) mass is 484 g/mol. The topological polar surface area (TPSA) is 78.6 Å². The highest BCUT2D eigenvalue weighted by Crippen LogP contribution is 2.39. The highest BCUT2D eigenvalue weighted by Gasteiger charge is 2.35. The van der Waals surface area contributed by atoms with Crippen molar-refractivity contribution in [3.05, 3.63) is 40.8 Å². The van der Waals surface area contributed by atoms with Gasteiger partial charge in [0, 0.05) is 29.2 Å². The van der Waals surface area contributed by atoms with Crippen molar-refractivity contribution in [2.45, 2.75) is 25.1 Å². The number of imidazole rings is 1. The number of nitrogens with zero attached hydrogens (tertiary/aromatic N) is 5. The predicted molar refractivity (Wildman–Crippen MR) is 109 cm³/mol. The van der Waals surface area contributed by atoms with Gasteiger partial charge < -0.3 is 10.4 Å². The maximum Gasteiger partial charge on any atom is 0.417 e. The van der Waals surface area contributed by atoms with Crippen molar-refractivity contribution in [1.82, 2.24) is 24.5 Å². The summed E-state index contributed by atoms with van der Waals surface area (Å²) in [6, 6.07) is 4.05. The van der Waals surface area contributed by atoms with Gasteiger partial charge in [-0.25, -0.2) is 4.98 Å². The van der Waals surface area contributed by atoms with Gasteiger partial charge in [-0.2, -0.15) is 13.2 Å². The lowest BCUT2D eigenvalue weighted by molar-refractivity contribution is -0.137. The zero-order valence-corrected chi connectivity index (χ0v) is 17.5. The van der Waals surface area contributed by atoms with Crippen LogP contribution in [-0.4, -0.2) is 61.9 Å². The van der Waals surface area contributed by atoms with Gasteiger partial charge in [0.15, 0.2) is 0 Å². The van der Waals surface area contributed by atoms with E-state index < -0.39 is 11.7 Å². The summed E-state index contributed by atoms with van der Waals surface area (Å²) in [5, 5.41) is 20.8. The zero-order valence-electron chi connectivity index (χ0n) is 15.9. The first-order valence-electron chi connectivity index (χ1n) is 9.52. The summed E-state index contributed by atoms with van der Waals surface area (Å²) in [5.41, 5.74) is -0.296. The number of nitrogens with one attached hydrogen (secondary N) is 1. The summed E-state index contributed by atoms with van der Waals surface area (Å²) >= 11 is 3.10. The molecule has 7 nitrogen and oxygen atoms in total. The second kappa shape index (κ2) is 8.48. The van der Waals surface area contributed by atoms with Crippen LogP contribution in [-0.2, 0) is 6.18 Å². The second-order valence-corrected chi connectivity index (χ2v) is 8.13. The van der Waals surface area contributed by atoms with Crippen molar-refractivity contribution in [3.63, 3.8) is 0 Å². The summed E-state index contributed by atoms with van der Waals surface area (Å²) in [6.45, 7) is 2.37. The number of alkyl halides is 3. The van der Waals surface area contributed by atoms with E-state index in [9.17, 15) is 13.2 Å². The first-order chi connectivity index (χ1) is 14.4. The number of hydrogen-bond acceptors (Lipinski definition) is 6. The van der Waals surface area contributed by atoms with Crippen LogP contribution in [0.15, 0.2) is 35.2 Å². The van der Waals surface area contributed by atoms with Crippen molar-refractivity contribution in [2.24, 2.45) is 0 Å². The molecule has 2 aromatic heterocycles. The molecule has 2 N–H and O–H groups in total. The van der Waals surface area contributed by atoms with E-state index in [1.807, 2.05) is 0 Å². The third-order valence-electron chi connectivity index (χ3n) is 5.15. The van der Waals surface area contributed by atoms with Crippen molar-refractivity contribution in [3.8, 4) is 11.3 Å². The van der Waals surface area contributed by atoms with Gasteiger partial charge in [-0.1, -0.05) is 22.0 Å². The number of aromatic nitrogens is 4. The lowest BCUT2D eigenvalue weighted by atomic mass is 10.0. The molecule has 0 saturated carbocycles. The van der Waals surface area contributed by atoms with Gasteiger partial charge in [-0.3, -0.25) is 9.30 Å². The van der Waals surface area contributed by atoms with Crippen LogP contribution in [0.4, 0.5) is 19.1 Å². The van der Waals surface area contributed by atoms with Crippen LogP contribution in [0.1, 0.15) is 18.4 Å². The molecule has 1 fully saturated rings. The fourth-order valence-corrected chi connectivity index (χ4v) is 4.15. The summed E-state index contributed by atoms with van der Waals surface area (Å²) in [7, 11) is 0. The van der Waals surface area contributed by atoms with Crippen LogP contribution >= 0.6 is 15.9 Å². The number of piperidine rings is 1. The largest absolute Gasteiger partial charge is 0.417 e. The van der Waals surface area contributed by atoms with Gasteiger partial charge in [-0.05, 0) is 31.5 Å². The fraction of sp³-hybridized carbons (Fsp3) is 0.421. The van der Waals surface area contributed by atoms with Gasteiger partial charge in [0.2, 0.25) is 5.95 Å². The van der Waals surface area contributed by atoms with Crippen LogP contribution < -0.4 is 5.32 Å². The minimum absolute atomic E-state index is 0.0537. The number of fused-ring (bicyclic) bond motifs is 1. The first kappa shape index (κ1) is 21.0. The van der Waals surface area contributed by atoms with Crippen LogP contribution in [0.3, 0.4) is 0 Å². The first-order valence-corrected chi connectivity index (χ1v) is 10.3. The molecule has 1 aromatic carbocycles. The molecule has 11 heteroatoms. The molecule has 3 aromatic rings. The fourth-order valence-electron chi connectivity index (χ4n) is 3.78. The number of aliphatic hydroxyl groups excluding tert-OH is 1. The van der Waals surface area contributed by atoms with Crippen molar-refractivity contribution in [1.29, 1.82) is 0 Å². The van der Waals surface area contributed by atoms with Crippen LogP contribution in [0, 0.1) is 0 Å². The van der Waals surface area contributed by atoms with Crippen LogP contribution in [0.2, 0.25) is 0 Å². The molecule has 0 aliphatic carbocycles. The molecule has 160 valence electrons. The molecule has 1 saturated heterocycles. The molecule has 4 rings (SSSR count). The van der Waals surface area contributed by atoms with E-state index in [0.717, 1.165) is 32.0 Å². The molecule has 3 heterocycles. The van der Waals surface area contributed by atoms with Gasteiger partial charge >= 0.3 is 6.18 Å². The van der Waals surface area contributed by atoms with Crippen molar-refractivity contribution < 1.29 is 18.3 Å². The Labute approximate surface area is 179 Å². The molecule has 0 spiro atoms. The molecule has 1 aliphatic heterocycles. The molecule has 0 unspecified atom stereocenters. The second-order valence-electron chi connectivity index (χ2n) is 7.22. The summed E-state index contributed by atoms with van der Waals surface area (Å²) in [6.07, 6.45) is 0.357. The van der Waals surface area contributed by atoms with E-state index in [1.165, 1.54) is 18.6 Å². The Morgan fingerprint density at radius 3 is 2.87 bits per heavy atom. The van der Waals surface area contributed by atoms with E-state index in [2.05, 4.69) is 41.3 Å². The Kier molecular flexibility index (Phi) is 5.94. The van der Waals surface area contributed by atoms with E-state index in [1.54, 1.807) is 10.5 Å². The minimum atomic E-state index is -4.53. The maximum absolute atomic E-state index is 13.6. The van der Waals surface area contributed by atoms with Gasteiger partial charge in [0.1, 0.15) is 12.0 Å². The normalized spacial score (nSPS) is 18.1. The number of β-amino-alcohol motifs (C(OH)–C–C–N with tert-alkyl or cyclic N) is 1. The molecule has 1 aliphatic rings. The van der Waals surface area contributed by atoms with Gasteiger partial charge in [0.05, 0.1) is 23.9 Å². The third-order valence-corrected chi connectivity index (χ3v) is 5.64. The standard InChI is InChI=1S/C19H20BrF3N6O/c20-12-3-4-14(15(8-12)19(21,22)23)17-16-9-24-11-29(16)18(27-26-17)25-13-2-1-5-28(10-13)6-7-30/h3-4,8-9,11,13,30H,1-2,5-7,10H2,(H,25,27)/t13-/m1/s1. The Bertz CT molecular complexity index is 1040. The average molecular weight is 485 g/mol. The highest BCUT2D eigenvalue weighted by molar-refractivity contribution is 9.10. The Hall–Kier alpha value is -2.24. The van der Waals surface area contributed by atoms with Crippen molar-refractivity contribution in [2.75, 3.05) is 31.6 Å². The van der Waals surface area contributed by atoms with E-state index in [0.29, 0.717) is 22.5 Å². The summed E-state index contributed by atoms with van der Waals surface area (Å²) in [4.78, 5) is 6.26. The number of rotatable bonds is 5. The van der Waals surface area contributed by atoms with E-state index in [-0.39, 0.29) is 23.9 Å². The third kappa shape index (κ3) is 4.28. The van der Waals surface area contributed by atoms with Crippen molar-refractivity contribution >= 4 is 27.4 Å². The molecule has 0 bridgehead atoms. The number of anilines is 1. The number of halogens is 4. The number of likely N-dealkylation sites (tertiary alicyclic amines) is 1. The summed E-state index contributed by atoms with van der Waals surface area (Å²) in [5.74, 6) is 0.424. The number of benzene rings is 1. The summed E-state index contributed by atoms with van der Waals surface area (Å²) < 4.78 is 42.8. The molecule has 1 atom stereocenters. The maximum atomic E-state index is 13.6. The SMILES string of the molecule is OCCN1CCC[C@@H](Nc2nnc(-c3ccc(Br)cc3C(F)(F)F)c3cncn23)C1. The molecular weight excluding hydrogens is 465 g/mol. The van der Waals surface area contributed by atoms with Gasteiger partial charge in [-0.15, -0.1) is 10.2 Å². The Morgan fingerprint density at radius 2 is 2.10 bits per heavy atom. The molecule has 0 amide bonds. The van der Waals surface area contributed by atoms with E-state index in [4.69, 9.17) is 5.11 Å². The van der Waals surface area contributed by atoms with Crippen LogP contribution in [0.5, 0.6) is 0 Å². The molecule has 0 radical (unpaired) electrons. The highest BCUT2D eigenvalue weighted by atomic mass is 79.9. The zero-order chi connectivity index (χ0) is 21.3. The van der Waals surface area contributed by atoms with Gasteiger partial charge in [0.25, 0.3) is 0 Å². The lowest BCUT2D eigenvalue weighted by Gasteiger charge is -2.32. The Balaban J connectivity index is 1.69. The minimum Gasteiger partial charge on any atom is -0.395 e. The van der Waals surface area contributed by atoms with E-state index >= 15 is 0 Å². The predicted octanol–water partition coefficient (Wildman–Crippen LogP) is 3.44. The quantitative estimate of drug-likeness (QED) is 0.577. The van der Waals surface area contributed by atoms with Crippen LogP contribution in [0.25, 0.3) is 16.8 Å². The smallest absolute Gasteiger partial charge is 0.395 e. The number of aliphatic hydroxyl groups is 1. The average Bonchev–Trinajstić information content (AvgIpc) is 3.19. The molecule has 30 heavy (non-hydrogen) atoms. The molecular formula is C19H20BrF3N6O.